The molecule has 2 atom stereocenters. The lowest BCUT2D eigenvalue weighted by molar-refractivity contribution is -0.480. The summed E-state index contributed by atoms with van der Waals surface area (Å²) in [5, 5.41) is 13.8. The van der Waals surface area contributed by atoms with Gasteiger partial charge in [0.2, 0.25) is 0 Å². The summed E-state index contributed by atoms with van der Waals surface area (Å²) in [6.45, 7) is 7.16. The number of hydroxylamine groups is 2. The van der Waals surface area contributed by atoms with Gasteiger partial charge in [0.25, 0.3) is 0 Å². The summed E-state index contributed by atoms with van der Waals surface area (Å²) in [4.78, 5) is 21.2. The number of rotatable bonds is 5. The lowest BCUT2D eigenvalue weighted by Crippen LogP contribution is -2.59. The van der Waals surface area contributed by atoms with Crippen molar-refractivity contribution in [3.63, 3.8) is 0 Å². The first kappa shape index (κ1) is 14.9. The number of carboxylic acid groups (broad SMARTS) is 1. The SMILES string of the molecule is C=C/C(=C\C(=C)C(=O)O)C1NC(C2CCC2)N(C)OO1. The molecule has 0 bridgehead atoms. The van der Waals surface area contributed by atoms with Crippen LogP contribution in [0, 0.1) is 5.92 Å². The van der Waals surface area contributed by atoms with E-state index in [0.29, 0.717) is 11.5 Å². The highest BCUT2D eigenvalue weighted by atomic mass is 17.3. The Labute approximate surface area is 118 Å². The van der Waals surface area contributed by atoms with Crippen LogP contribution in [0.3, 0.4) is 0 Å². The van der Waals surface area contributed by atoms with Crippen molar-refractivity contribution in [1.29, 1.82) is 0 Å². The molecule has 110 valence electrons. The Hall–Kier alpha value is -1.47. The van der Waals surface area contributed by atoms with E-state index in [0.717, 1.165) is 12.8 Å². The van der Waals surface area contributed by atoms with Gasteiger partial charge < -0.3 is 5.11 Å². The van der Waals surface area contributed by atoms with Gasteiger partial charge in [-0.2, -0.15) is 4.89 Å². The molecule has 2 aliphatic rings. The lowest BCUT2D eigenvalue weighted by Gasteiger charge is -2.43. The van der Waals surface area contributed by atoms with Crippen molar-refractivity contribution < 1.29 is 19.8 Å². The third kappa shape index (κ3) is 3.16. The Morgan fingerprint density at radius 3 is 2.70 bits per heavy atom. The molecule has 0 aromatic rings. The van der Waals surface area contributed by atoms with Gasteiger partial charge in [0.05, 0.1) is 11.7 Å². The monoisotopic (exact) mass is 280 g/mol. The van der Waals surface area contributed by atoms with Crippen LogP contribution < -0.4 is 5.32 Å². The number of hydrogen-bond donors (Lipinski definition) is 2. The number of nitrogens with zero attached hydrogens (tertiary/aromatic N) is 1. The van der Waals surface area contributed by atoms with Crippen LogP contribution in [-0.4, -0.2) is 35.6 Å². The summed E-state index contributed by atoms with van der Waals surface area (Å²) in [7, 11) is 1.81. The topological polar surface area (TPSA) is 71.0 Å². The molecule has 1 saturated carbocycles. The van der Waals surface area contributed by atoms with Crippen LogP contribution in [0.25, 0.3) is 0 Å². The van der Waals surface area contributed by atoms with Crippen molar-refractivity contribution in [2.24, 2.45) is 5.92 Å². The van der Waals surface area contributed by atoms with E-state index in [-0.39, 0.29) is 11.7 Å². The molecule has 2 N–H and O–H groups in total. The second-order valence-corrected chi connectivity index (χ2v) is 5.08. The molecular formula is C14H20N2O4. The number of carboxylic acids is 1. The van der Waals surface area contributed by atoms with Crippen molar-refractivity contribution in [1.82, 2.24) is 10.4 Å². The molecule has 0 aromatic carbocycles. The summed E-state index contributed by atoms with van der Waals surface area (Å²) in [5.41, 5.74) is 0.555. The van der Waals surface area contributed by atoms with E-state index in [9.17, 15) is 4.79 Å². The van der Waals surface area contributed by atoms with Crippen molar-refractivity contribution in [2.45, 2.75) is 31.7 Å². The first-order chi connectivity index (χ1) is 9.52. The van der Waals surface area contributed by atoms with E-state index in [1.165, 1.54) is 18.6 Å². The fourth-order valence-corrected chi connectivity index (χ4v) is 2.29. The second kappa shape index (κ2) is 6.32. The molecular weight excluding hydrogens is 260 g/mol. The third-order valence-electron chi connectivity index (χ3n) is 3.72. The van der Waals surface area contributed by atoms with Gasteiger partial charge in [-0.05, 0) is 30.4 Å². The molecule has 0 spiro atoms. The van der Waals surface area contributed by atoms with E-state index >= 15 is 0 Å². The predicted octanol–water partition coefficient (Wildman–Crippen LogP) is 1.59. The molecule has 6 nitrogen and oxygen atoms in total. The summed E-state index contributed by atoms with van der Waals surface area (Å²) in [5.74, 6) is -0.561. The van der Waals surface area contributed by atoms with E-state index in [4.69, 9.17) is 15.0 Å². The van der Waals surface area contributed by atoms with E-state index in [2.05, 4.69) is 18.5 Å². The first-order valence-electron chi connectivity index (χ1n) is 6.61. The molecule has 0 amide bonds. The zero-order valence-electron chi connectivity index (χ0n) is 11.5. The number of hydrogen-bond acceptors (Lipinski definition) is 5. The average Bonchev–Trinajstić information content (AvgIpc) is 2.36. The maximum Gasteiger partial charge on any atom is 0.335 e. The van der Waals surface area contributed by atoms with E-state index < -0.39 is 12.2 Å². The van der Waals surface area contributed by atoms with Gasteiger partial charge in [-0.15, -0.1) is 10.1 Å². The highest BCUT2D eigenvalue weighted by molar-refractivity contribution is 5.89. The Morgan fingerprint density at radius 1 is 1.50 bits per heavy atom. The maximum atomic E-state index is 10.8. The van der Waals surface area contributed by atoms with Gasteiger partial charge >= 0.3 is 5.97 Å². The zero-order valence-corrected chi connectivity index (χ0v) is 11.5. The van der Waals surface area contributed by atoms with Gasteiger partial charge in [-0.1, -0.05) is 25.7 Å². The minimum Gasteiger partial charge on any atom is -0.478 e. The van der Waals surface area contributed by atoms with Crippen LogP contribution in [0.2, 0.25) is 0 Å². The molecule has 2 rings (SSSR count). The van der Waals surface area contributed by atoms with Crippen molar-refractivity contribution in [3.05, 3.63) is 36.5 Å². The third-order valence-corrected chi connectivity index (χ3v) is 3.72. The average molecular weight is 280 g/mol. The Balaban J connectivity index is 2.08. The molecule has 6 heteroatoms. The van der Waals surface area contributed by atoms with Gasteiger partial charge in [-0.3, -0.25) is 5.32 Å². The van der Waals surface area contributed by atoms with Crippen molar-refractivity contribution in [2.75, 3.05) is 7.05 Å². The van der Waals surface area contributed by atoms with Crippen LogP contribution in [0.4, 0.5) is 0 Å². The second-order valence-electron chi connectivity index (χ2n) is 5.08. The molecule has 0 radical (unpaired) electrons. The molecule has 20 heavy (non-hydrogen) atoms. The molecule has 1 aliphatic carbocycles. The molecule has 0 aromatic heterocycles. The van der Waals surface area contributed by atoms with Crippen LogP contribution in [0.5, 0.6) is 0 Å². The minimum atomic E-state index is -1.08. The smallest absolute Gasteiger partial charge is 0.335 e. The zero-order chi connectivity index (χ0) is 14.7. The largest absolute Gasteiger partial charge is 0.478 e. The van der Waals surface area contributed by atoms with E-state index in [1.54, 1.807) is 12.1 Å². The Morgan fingerprint density at radius 2 is 2.20 bits per heavy atom. The molecule has 1 heterocycles. The summed E-state index contributed by atoms with van der Waals surface area (Å²) >= 11 is 0. The molecule has 2 unspecified atom stereocenters. The van der Waals surface area contributed by atoms with Crippen molar-refractivity contribution >= 4 is 5.97 Å². The fourth-order valence-electron chi connectivity index (χ4n) is 2.29. The molecule has 1 aliphatic heterocycles. The van der Waals surface area contributed by atoms with Crippen LogP contribution in [-0.2, 0) is 14.7 Å². The van der Waals surface area contributed by atoms with Crippen LogP contribution in [0.1, 0.15) is 19.3 Å². The highest BCUT2D eigenvalue weighted by Crippen LogP contribution is 2.33. The Bertz CT molecular complexity index is 440. The highest BCUT2D eigenvalue weighted by Gasteiger charge is 2.37. The molecule has 1 saturated heterocycles. The summed E-state index contributed by atoms with van der Waals surface area (Å²) in [6, 6.07) is 0. The van der Waals surface area contributed by atoms with Crippen LogP contribution in [0.15, 0.2) is 36.5 Å². The van der Waals surface area contributed by atoms with Gasteiger partial charge in [0.1, 0.15) is 0 Å². The van der Waals surface area contributed by atoms with Crippen LogP contribution >= 0.6 is 0 Å². The number of nitrogens with one attached hydrogen (secondary N) is 1. The Kier molecular flexibility index (Phi) is 4.72. The van der Waals surface area contributed by atoms with E-state index in [1.807, 2.05) is 0 Å². The number of aliphatic carboxylic acids is 1. The summed E-state index contributed by atoms with van der Waals surface area (Å²) in [6.07, 6.45) is 5.98. The standard InChI is InChI=1S/C14H20N2O4/c1-4-10(8-9(2)14(17)18)13-15-12(11-6-5-7-11)16(3)20-19-13/h4,8,11-13,15H,1-2,5-7H2,3H3,(H,17,18)/b10-8+. The fraction of sp³-hybridized carbons (Fsp3) is 0.500. The quantitative estimate of drug-likeness (QED) is 0.453. The predicted molar refractivity (Wildman–Crippen MR) is 73.0 cm³/mol. The van der Waals surface area contributed by atoms with Gasteiger partial charge in [0.15, 0.2) is 6.23 Å². The molecule has 2 fully saturated rings. The normalized spacial score (nSPS) is 28.8. The lowest BCUT2D eigenvalue weighted by atomic mass is 9.82. The van der Waals surface area contributed by atoms with Gasteiger partial charge in [0, 0.05) is 7.05 Å². The van der Waals surface area contributed by atoms with Gasteiger partial charge in [-0.25, -0.2) is 4.79 Å². The summed E-state index contributed by atoms with van der Waals surface area (Å²) < 4.78 is 0. The first-order valence-corrected chi connectivity index (χ1v) is 6.61. The van der Waals surface area contributed by atoms with Crippen molar-refractivity contribution in [3.8, 4) is 0 Å². The maximum absolute atomic E-state index is 10.8. The minimum absolute atomic E-state index is 0.0237. The number of carbonyl (C=O) groups is 1.